The lowest BCUT2D eigenvalue weighted by Crippen LogP contribution is -2.41. The van der Waals surface area contributed by atoms with Gasteiger partial charge in [0.05, 0.1) is 16.5 Å². The zero-order valence-electron chi connectivity index (χ0n) is 10.8. The van der Waals surface area contributed by atoms with E-state index in [0.29, 0.717) is 31.4 Å². The third-order valence-electron chi connectivity index (χ3n) is 3.66. The predicted octanol–water partition coefficient (Wildman–Crippen LogP) is 2.86. The summed E-state index contributed by atoms with van der Waals surface area (Å²) in [7, 11) is 0. The molecule has 0 spiro atoms. The van der Waals surface area contributed by atoms with Crippen molar-refractivity contribution in [1.29, 1.82) is 0 Å². The fourth-order valence-electron chi connectivity index (χ4n) is 2.35. The van der Waals surface area contributed by atoms with Crippen LogP contribution in [0.1, 0.15) is 25.7 Å². The van der Waals surface area contributed by atoms with Gasteiger partial charge in [-0.15, -0.1) is 0 Å². The molecule has 0 radical (unpaired) electrons. The number of aliphatic hydroxyl groups is 1. The highest BCUT2D eigenvalue weighted by atomic mass is 35.5. The van der Waals surface area contributed by atoms with Gasteiger partial charge in [0.1, 0.15) is 18.2 Å². The van der Waals surface area contributed by atoms with Crippen molar-refractivity contribution in [3.63, 3.8) is 0 Å². The number of carboxylic acid groups (broad SMARTS) is 1. The molecule has 0 atom stereocenters. The lowest BCUT2D eigenvalue weighted by molar-refractivity contribution is -0.145. The quantitative estimate of drug-likeness (QED) is 0.897. The van der Waals surface area contributed by atoms with Crippen LogP contribution in [0.15, 0.2) is 18.2 Å². The molecule has 0 aliphatic heterocycles. The Morgan fingerprint density at radius 1 is 1.45 bits per heavy atom. The van der Waals surface area contributed by atoms with Crippen LogP contribution in [0.3, 0.4) is 0 Å². The monoisotopic (exact) mass is 302 g/mol. The van der Waals surface area contributed by atoms with Gasteiger partial charge in [-0.05, 0) is 43.9 Å². The number of ether oxygens (including phenoxy) is 1. The third-order valence-corrected chi connectivity index (χ3v) is 3.95. The van der Waals surface area contributed by atoms with Gasteiger partial charge >= 0.3 is 5.97 Å². The molecular weight excluding hydrogens is 287 g/mol. The van der Waals surface area contributed by atoms with Gasteiger partial charge in [0.2, 0.25) is 0 Å². The van der Waals surface area contributed by atoms with Crippen molar-refractivity contribution in [1.82, 2.24) is 0 Å². The van der Waals surface area contributed by atoms with Gasteiger partial charge in [-0.2, -0.15) is 0 Å². The van der Waals surface area contributed by atoms with Gasteiger partial charge in [-0.1, -0.05) is 11.6 Å². The molecule has 1 aromatic carbocycles. The Hall–Kier alpha value is -1.33. The van der Waals surface area contributed by atoms with Crippen molar-refractivity contribution in [2.24, 2.45) is 5.92 Å². The van der Waals surface area contributed by atoms with Crippen molar-refractivity contribution < 1.29 is 24.1 Å². The van der Waals surface area contributed by atoms with Crippen molar-refractivity contribution in [3.05, 3.63) is 29.0 Å². The molecule has 0 aromatic heterocycles. The normalized spacial score (nSPS) is 26.2. The van der Waals surface area contributed by atoms with Crippen LogP contribution in [0.25, 0.3) is 0 Å². The summed E-state index contributed by atoms with van der Waals surface area (Å²) in [4.78, 5) is 10.9. The standard InChI is InChI=1S/C14H16ClFO4/c15-11-7-10(16)1-2-12(11)20-8-14(19)5-3-9(4-6-14)13(17)18/h1-2,7,9,19H,3-6,8H2,(H,17,18). The molecule has 0 amide bonds. The van der Waals surface area contributed by atoms with Crippen LogP contribution in [0, 0.1) is 11.7 Å². The van der Waals surface area contributed by atoms with Crippen molar-refractivity contribution in [3.8, 4) is 5.75 Å². The SMILES string of the molecule is O=C(O)C1CCC(O)(COc2ccc(F)cc2Cl)CC1. The van der Waals surface area contributed by atoms with Crippen LogP contribution in [-0.2, 0) is 4.79 Å². The molecule has 0 bridgehead atoms. The van der Waals surface area contributed by atoms with E-state index in [-0.39, 0.29) is 11.6 Å². The Balaban J connectivity index is 1.92. The first-order valence-electron chi connectivity index (χ1n) is 6.43. The highest BCUT2D eigenvalue weighted by Gasteiger charge is 2.36. The molecule has 0 saturated heterocycles. The number of carboxylic acids is 1. The Morgan fingerprint density at radius 2 is 2.10 bits per heavy atom. The number of benzene rings is 1. The van der Waals surface area contributed by atoms with Crippen molar-refractivity contribution in [2.75, 3.05) is 6.61 Å². The Kier molecular flexibility index (Phi) is 4.50. The van der Waals surface area contributed by atoms with Gasteiger partial charge in [0, 0.05) is 0 Å². The van der Waals surface area contributed by atoms with E-state index in [9.17, 15) is 14.3 Å². The van der Waals surface area contributed by atoms with Crippen LogP contribution < -0.4 is 4.74 Å². The molecule has 2 rings (SSSR count). The highest BCUT2D eigenvalue weighted by molar-refractivity contribution is 6.32. The zero-order chi connectivity index (χ0) is 14.8. The summed E-state index contributed by atoms with van der Waals surface area (Å²) in [6, 6.07) is 3.78. The van der Waals surface area contributed by atoms with Crippen LogP contribution in [0.4, 0.5) is 4.39 Å². The van der Waals surface area contributed by atoms with Crippen molar-refractivity contribution >= 4 is 17.6 Å². The largest absolute Gasteiger partial charge is 0.489 e. The maximum Gasteiger partial charge on any atom is 0.306 e. The summed E-state index contributed by atoms with van der Waals surface area (Å²) in [6.45, 7) is 0.0185. The van der Waals surface area contributed by atoms with Crippen LogP contribution in [0.2, 0.25) is 5.02 Å². The lowest BCUT2D eigenvalue weighted by atomic mass is 9.79. The first-order chi connectivity index (χ1) is 9.39. The molecule has 0 unspecified atom stereocenters. The Labute approximate surface area is 121 Å². The first kappa shape index (κ1) is 15.1. The van der Waals surface area contributed by atoms with Gasteiger partial charge < -0.3 is 14.9 Å². The fourth-order valence-corrected chi connectivity index (χ4v) is 2.57. The van der Waals surface area contributed by atoms with E-state index in [0.717, 1.165) is 6.07 Å². The summed E-state index contributed by atoms with van der Waals surface area (Å²) in [5, 5.41) is 19.4. The minimum Gasteiger partial charge on any atom is -0.489 e. The van der Waals surface area contributed by atoms with E-state index < -0.39 is 23.3 Å². The molecule has 1 aromatic rings. The van der Waals surface area contributed by atoms with E-state index in [2.05, 4.69) is 0 Å². The highest BCUT2D eigenvalue weighted by Crippen LogP contribution is 2.34. The number of aliphatic carboxylic acids is 1. The topological polar surface area (TPSA) is 66.8 Å². The van der Waals surface area contributed by atoms with E-state index in [1.54, 1.807) is 0 Å². The third kappa shape index (κ3) is 3.61. The van der Waals surface area contributed by atoms with E-state index >= 15 is 0 Å². The fraction of sp³-hybridized carbons (Fsp3) is 0.500. The molecule has 110 valence electrons. The first-order valence-corrected chi connectivity index (χ1v) is 6.80. The van der Waals surface area contributed by atoms with E-state index in [4.69, 9.17) is 21.4 Å². The molecule has 1 saturated carbocycles. The van der Waals surface area contributed by atoms with Crippen LogP contribution >= 0.6 is 11.6 Å². The second kappa shape index (κ2) is 5.97. The number of rotatable bonds is 4. The minimum absolute atomic E-state index is 0.0185. The summed E-state index contributed by atoms with van der Waals surface area (Å²) in [5.74, 6) is -1.37. The molecule has 1 fully saturated rings. The smallest absolute Gasteiger partial charge is 0.306 e. The molecule has 1 aliphatic rings. The van der Waals surface area contributed by atoms with Gasteiger partial charge in [0.15, 0.2) is 0 Å². The average Bonchev–Trinajstić information content (AvgIpc) is 2.38. The van der Waals surface area contributed by atoms with E-state index in [1.807, 2.05) is 0 Å². The van der Waals surface area contributed by atoms with Crippen LogP contribution in [0.5, 0.6) is 5.75 Å². The molecule has 1 aliphatic carbocycles. The maximum absolute atomic E-state index is 12.9. The second-order valence-corrected chi connectivity index (χ2v) is 5.61. The Morgan fingerprint density at radius 3 is 2.65 bits per heavy atom. The second-order valence-electron chi connectivity index (χ2n) is 5.20. The lowest BCUT2D eigenvalue weighted by Gasteiger charge is -2.34. The van der Waals surface area contributed by atoms with Gasteiger partial charge in [0.25, 0.3) is 0 Å². The molecular formula is C14H16ClFO4. The van der Waals surface area contributed by atoms with Gasteiger partial charge in [-0.3, -0.25) is 4.79 Å². The molecule has 2 N–H and O–H groups in total. The number of hydrogen-bond acceptors (Lipinski definition) is 3. The van der Waals surface area contributed by atoms with Crippen molar-refractivity contribution in [2.45, 2.75) is 31.3 Å². The van der Waals surface area contributed by atoms with Crippen LogP contribution in [-0.4, -0.2) is 28.4 Å². The average molecular weight is 303 g/mol. The summed E-state index contributed by atoms with van der Waals surface area (Å²) in [6.07, 6.45) is 1.57. The summed E-state index contributed by atoms with van der Waals surface area (Å²) >= 11 is 5.83. The number of hydrogen-bond donors (Lipinski definition) is 2. The zero-order valence-corrected chi connectivity index (χ0v) is 11.6. The molecule has 6 heteroatoms. The summed E-state index contributed by atoms with van der Waals surface area (Å²) < 4.78 is 18.3. The number of halogens is 2. The molecule has 0 heterocycles. The predicted molar refractivity (Wildman–Crippen MR) is 71.4 cm³/mol. The maximum atomic E-state index is 12.9. The molecule has 4 nitrogen and oxygen atoms in total. The molecule has 20 heavy (non-hydrogen) atoms. The Bertz CT molecular complexity index is 498. The van der Waals surface area contributed by atoms with Gasteiger partial charge in [-0.25, -0.2) is 4.39 Å². The summed E-state index contributed by atoms with van der Waals surface area (Å²) in [5.41, 5.74) is -1.05. The number of carbonyl (C=O) groups is 1. The minimum atomic E-state index is -1.05. The van der Waals surface area contributed by atoms with E-state index in [1.165, 1.54) is 12.1 Å².